The first kappa shape index (κ1) is 20.3. The highest BCUT2D eigenvalue weighted by Gasteiger charge is 2.13. The maximum Gasteiger partial charge on any atom is 0.266 e. The van der Waals surface area contributed by atoms with Crippen molar-refractivity contribution in [2.75, 3.05) is 38.5 Å². The summed E-state index contributed by atoms with van der Waals surface area (Å²) >= 11 is 3.40. The lowest BCUT2D eigenvalue weighted by molar-refractivity contribution is -0.112. The van der Waals surface area contributed by atoms with Gasteiger partial charge in [0.25, 0.3) is 5.91 Å². The van der Waals surface area contributed by atoms with E-state index in [-0.39, 0.29) is 5.57 Å². The van der Waals surface area contributed by atoms with Crippen LogP contribution in [0, 0.1) is 11.3 Å². The lowest BCUT2D eigenvalue weighted by Crippen LogP contribution is -2.14. The molecule has 0 aromatic heterocycles. The van der Waals surface area contributed by atoms with Crippen LogP contribution in [0.4, 0.5) is 11.4 Å². The molecular formula is C20H20BrN3O3. The lowest BCUT2D eigenvalue weighted by atomic mass is 10.1. The number of amides is 1. The van der Waals surface area contributed by atoms with Crippen LogP contribution in [-0.4, -0.2) is 34.2 Å². The van der Waals surface area contributed by atoms with Gasteiger partial charge in [0.05, 0.1) is 18.7 Å². The van der Waals surface area contributed by atoms with Crippen molar-refractivity contribution in [3.05, 3.63) is 52.0 Å². The zero-order valence-electron chi connectivity index (χ0n) is 15.5. The predicted octanol–water partition coefficient (Wildman–Crippen LogP) is 4.08. The summed E-state index contributed by atoms with van der Waals surface area (Å²) in [5.41, 5.74) is 2.24. The summed E-state index contributed by atoms with van der Waals surface area (Å²) in [7, 11) is 6.93. The Bertz CT molecular complexity index is 900. The average molecular weight is 430 g/mol. The number of halogens is 1. The van der Waals surface area contributed by atoms with E-state index in [9.17, 15) is 10.1 Å². The van der Waals surface area contributed by atoms with Crippen molar-refractivity contribution in [1.82, 2.24) is 0 Å². The van der Waals surface area contributed by atoms with E-state index >= 15 is 0 Å². The van der Waals surface area contributed by atoms with Gasteiger partial charge in [0.2, 0.25) is 0 Å². The molecule has 0 bridgehead atoms. The number of ether oxygens (including phenoxy) is 2. The molecule has 0 aliphatic rings. The maximum atomic E-state index is 12.4. The minimum Gasteiger partial charge on any atom is -0.493 e. The van der Waals surface area contributed by atoms with Gasteiger partial charge in [0.1, 0.15) is 11.6 Å². The fourth-order valence-corrected chi connectivity index (χ4v) is 3.00. The zero-order valence-corrected chi connectivity index (χ0v) is 17.1. The molecule has 1 N–H and O–H groups in total. The minimum atomic E-state index is -0.485. The standard InChI is InChI=1S/C20H20BrN3O3/c1-24(2)16-7-5-15(6-8-16)23-20(25)14(12-22)9-13-10-17(21)19(27-4)18(11-13)26-3/h5-11H,1-4H3,(H,23,25)/b14-9-. The molecule has 2 aromatic rings. The molecule has 0 aliphatic heterocycles. The number of benzene rings is 2. The van der Waals surface area contributed by atoms with E-state index in [1.54, 1.807) is 24.3 Å². The Morgan fingerprint density at radius 1 is 1.19 bits per heavy atom. The summed E-state index contributed by atoms with van der Waals surface area (Å²) in [6.07, 6.45) is 1.50. The molecule has 0 radical (unpaired) electrons. The highest BCUT2D eigenvalue weighted by molar-refractivity contribution is 9.10. The Morgan fingerprint density at radius 2 is 1.85 bits per heavy atom. The summed E-state index contributed by atoms with van der Waals surface area (Å²) < 4.78 is 11.2. The first-order valence-corrected chi connectivity index (χ1v) is 8.81. The Morgan fingerprint density at radius 3 is 2.37 bits per heavy atom. The normalized spacial score (nSPS) is 10.7. The van der Waals surface area contributed by atoms with Crippen molar-refractivity contribution < 1.29 is 14.3 Å². The van der Waals surface area contributed by atoms with E-state index in [4.69, 9.17) is 9.47 Å². The number of nitrogens with zero attached hydrogens (tertiary/aromatic N) is 2. The van der Waals surface area contributed by atoms with Gasteiger partial charge in [-0.1, -0.05) is 0 Å². The number of nitriles is 1. The van der Waals surface area contributed by atoms with Gasteiger partial charge < -0.3 is 19.7 Å². The largest absolute Gasteiger partial charge is 0.493 e. The number of hydrogen-bond donors (Lipinski definition) is 1. The molecule has 0 spiro atoms. The van der Waals surface area contributed by atoms with Crippen molar-refractivity contribution in [3.63, 3.8) is 0 Å². The number of rotatable bonds is 6. The quantitative estimate of drug-likeness (QED) is 0.552. The van der Waals surface area contributed by atoms with E-state index in [0.717, 1.165) is 5.69 Å². The molecule has 0 unspecified atom stereocenters. The van der Waals surface area contributed by atoms with Gasteiger partial charge >= 0.3 is 0 Å². The van der Waals surface area contributed by atoms with Gasteiger partial charge in [-0.3, -0.25) is 4.79 Å². The number of carbonyl (C=O) groups excluding carboxylic acids is 1. The van der Waals surface area contributed by atoms with Gasteiger partial charge in [0.15, 0.2) is 11.5 Å². The number of anilines is 2. The highest BCUT2D eigenvalue weighted by atomic mass is 79.9. The smallest absolute Gasteiger partial charge is 0.266 e. The van der Waals surface area contributed by atoms with Gasteiger partial charge in [-0.15, -0.1) is 0 Å². The van der Waals surface area contributed by atoms with Crippen molar-refractivity contribution in [2.24, 2.45) is 0 Å². The molecule has 2 aromatic carbocycles. The summed E-state index contributed by atoms with van der Waals surface area (Å²) in [5, 5.41) is 12.1. The predicted molar refractivity (Wildman–Crippen MR) is 110 cm³/mol. The third-order valence-corrected chi connectivity index (χ3v) is 4.36. The second-order valence-corrected chi connectivity index (χ2v) is 6.66. The molecule has 140 valence electrons. The second-order valence-electron chi connectivity index (χ2n) is 5.80. The van der Waals surface area contributed by atoms with Crippen LogP contribution < -0.4 is 19.7 Å². The Hall–Kier alpha value is -2.98. The van der Waals surface area contributed by atoms with Crippen LogP contribution in [0.5, 0.6) is 11.5 Å². The molecule has 0 saturated heterocycles. The van der Waals surface area contributed by atoms with Crippen LogP contribution in [0.25, 0.3) is 6.08 Å². The van der Waals surface area contributed by atoms with E-state index in [1.807, 2.05) is 37.2 Å². The fourth-order valence-electron chi connectivity index (χ4n) is 2.38. The highest BCUT2D eigenvalue weighted by Crippen LogP contribution is 2.36. The third-order valence-electron chi connectivity index (χ3n) is 3.77. The number of carbonyl (C=O) groups is 1. The Labute approximate surface area is 167 Å². The molecule has 2 rings (SSSR count). The number of hydrogen-bond acceptors (Lipinski definition) is 5. The second kappa shape index (κ2) is 9.10. The summed E-state index contributed by atoms with van der Waals surface area (Å²) in [5.74, 6) is 0.551. The fraction of sp³-hybridized carbons (Fsp3) is 0.200. The summed E-state index contributed by atoms with van der Waals surface area (Å²) in [6, 6.07) is 12.7. The summed E-state index contributed by atoms with van der Waals surface area (Å²) in [4.78, 5) is 14.4. The molecule has 27 heavy (non-hydrogen) atoms. The van der Waals surface area contributed by atoms with Crippen LogP contribution in [0.15, 0.2) is 46.4 Å². The van der Waals surface area contributed by atoms with E-state index in [2.05, 4.69) is 21.2 Å². The molecule has 7 heteroatoms. The van der Waals surface area contributed by atoms with Crippen LogP contribution >= 0.6 is 15.9 Å². The van der Waals surface area contributed by atoms with E-state index in [1.165, 1.54) is 20.3 Å². The van der Waals surface area contributed by atoms with Crippen molar-refractivity contribution >= 4 is 39.3 Å². The van der Waals surface area contributed by atoms with E-state index < -0.39 is 5.91 Å². The van der Waals surface area contributed by atoms with E-state index in [0.29, 0.717) is 27.2 Å². The van der Waals surface area contributed by atoms with Gasteiger partial charge in [-0.2, -0.15) is 5.26 Å². The topological polar surface area (TPSA) is 74.6 Å². The lowest BCUT2D eigenvalue weighted by Gasteiger charge is -2.13. The Kier molecular flexibility index (Phi) is 6.85. The molecule has 0 fully saturated rings. The molecule has 0 atom stereocenters. The SMILES string of the molecule is COc1cc(/C=C(/C#N)C(=O)Nc2ccc(N(C)C)cc2)cc(Br)c1OC. The van der Waals surface area contributed by atoms with Gasteiger partial charge in [0, 0.05) is 25.5 Å². The first-order chi connectivity index (χ1) is 12.9. The molecule has 0 saturated carbocycles. The molecule has 0 aliphatic carbocycles. The van der Waals surface area contributed by atoms with Crippen LogP contribution in [0.3, 0.4) is 0 Å². The third kappa shape index (κ3) is 5.02. The Balaban J connectivity index is 2.26. The van der Waals surface area contributed by atoms with Gasteiger partial charge in [-0.05, 0) is 64.0 Å². The monoisotopic (exact) mass is 429 g/mol. The summed E-state index contributed by atoms with van der Waals surface area (Å²) in [6.45, 7) is 0. The molecular weight excluding hydrogens is 410 g/mol. The average Bonchev–Trinajstić information content (AvgIpc) is 2.65. The number of methoxy groups -OCH3 is 2. The van der Waals surface area contributed by atoms with Gasteiger partial charge in [-0.25, -0.2) is 0 Å². The van der Waals surface area contributed by atoms with Crippen LogP contribution in [0.2, 0.25) is 0 Å². The van der Waals surface area contributed by atoms with Crippen molar-refractivity contribution in [2.45, 2.75) is 0 Å². The number of nitrogens with one attached hydrogen (secondary N) is 1. The first-order valence-electron chi connectivity index (χ1n) is 8.01. The minimum absolute atomic E-state index is 0.0224. The molecule has 0 heterocycles. The van der Waals surface area contributed by atoms with Crippen LogP contribution in [-0.2, 0) is 4.79 Å². The zero-order chi connectivity index (χ0) is 20.0. The maximum absolute atomic E-state index is 12.4. The van der Waals surface area contributed by atoms with Crippen molar-refractivity contribution in [3.8, 4) is 17.6 Å². The van der Waals surface area contributed by atoms with Crippen molar-refractivity contribution in [1.29, 1.82) is 5.26 Å². The van der Waals surface area contributed by atoms with Crippen LogP contribution in [0.1, 0.15) is 5.56 Å². The molecule has 6 nitrogen and oxygen atoms in total. The molecule has 1 amide bonds.